The van der Waals surface area contributed by atoms with Gasteiger partial charge in [0.25, 0.3) is 0 Å². The van der Waals surface area contributed by atoms with Crippen LogP contribution < -0.4 is 4.72 Å². The molecule has 1 aromatic carbocycles. The molecule has 0 unspecified atom stereocenters. The van der Waals surface area contributed by atoms with Crippen LogP contribution >= 0.6 is 0 Å². The van der Waals surface area contributed by atoms with E-state index in [2.05, 4.69) is 16.6 Å². The first-order chi connectivity index (χ1) is 9.67. The summed E-state index contributed by atoms with van der Waals surface area (Å²) in [5.41, 5.74) is 1.94. The minimum atomic E-state index is -3.38. The maximum Gasteiger partial charge on any atom is 0.233 e. The molecule has 5 heteroatoms. The SMILES string of the molecule is CCc1cc(C#CCO)ccc1NS(=O)(=O)CC(C)(C)C. The van der Waals surface area contributed by atoms with Gasteiger partial charge in [-0.3, -0.25) is 4.72 Å². The van der Waals surface area contributed by atoms with Crippen molar-refractivity contribution in [1.82, 2.24) is 0 Å². The predicted octanol–water partition coefficient (Wildman–Crippen LogP) is 2.38. The van der Waals surface area contributed by atoms with Crippen LogP contribution in [0.1, 0.15) is 38.8 Å². The number of benzene rings is 1. The van der Waals surface area contributed by atoms with Crippen molar-refractivity contribution in [3.05, 3.63) is 29.3 Å². The fourth-order valence-electron chi connectivity index (χ4n) is 1.98. The van der Waals surface area contributed by atoms with Crippen LogP contribution in [0.5, 0.6) is 0 Å². The van der Waals surface area contributed by atoms with E-state index in [-0.39, 0.29) is 17.8 Å². The largest absolute Gasteiger partial charge is 0.384 e. The van der Waals surface area contributed by atoms with Gasteiger partial charge in [-0.2, -0.15) is 0 Å². The molecular formula is C16H23NO3S. The summed E-state index contributed by atoms with van der Waals surface area (Å²) in [6, 6.07) is 5.31. The van der Waals surface area contributed by atoms with Gasteiger partial charge >= 0.3 is 0 Å². The molecule has 0 aliphatic rings. The lowest BCUT2D eigenvalue weighted by Gasteiger charge is -2.19. The Labute approximate surface area is 127 Å². The number of hydrogen-bond acceptors (Lipinski definition) is 3. The molecule has 2 N–H and O–H groups in total. The molecule has 21 heavy (non-hydrogen) atoms. The van der Waals surface area contributed by atoms with E-state index < -0.39 is 10.0 Å². The van der Waals surface area contributed by atoms with Gasteiger partial charge in [0.15, 0.2) is 0 Å². The number of aliphatic hydroxyl groups excluding tert-OH is 1. The predicted molar refractivity (Wildman–Crippen MR) is 86.6 cm³/mol. The number of nitrogens with one attached hydrogen (secondary N) is 1. The Kier molecular flexibility index (Phi) is 5.82. The van der Waals surface area contributed by atoms with E-state index in [4.69, 9.17) is 5.11 Å². The lowest BCUT2D eigenvalue weighted by Crippen LogP contribution is -2.26. The molecule has 0 radical (unpaired) electrons. The summed E-state index contributed by atoms with van der Waals surface area (Å²) in [5.74, 6) is 5.47. The molecule has 1 aromatic rings. The second-order valence-corrected chi connectivity index (χ2v) is 7.83. The van der Waals surface area contributed by atoms with Crippen molar-refractivity contribution in [2.75, 3.05) is 17.1 Å². The summed E-state index contributed by atoms with van der Waals surface area (Å²) in [4.78, 5) is 0. The van der Waals surface area contributed by atoms with Crippen molar-refractivity contribution in [2.45, 2.75) is 34.1 Å². The topological polar surface area (TPSA) is 66.4 Å². The first kappa shape index (κ1) is 17.5. The molecule has 0 amide bonds. The molecule has 0 aliphatic heterocycles. The Morgan fingerprint density at radius 3 is 2.48 bits per heavy atom. The Morgan fingerprint density at radius 2 is 1.95 bits per heavy atom. The standard InChI is InChI=1S/C16H23NO3S/c1-5-14-11-13(7-6-10-18)8-9-15(14)17-21(19,20)12-16(2,3)4/h8-9,11,17-18H,5,10,12H2,1-4H3. The number of anilines is 1. The summed E-state index contributed by atoms with van der Waals surface area (Å²) in [7, 11) is -3.38. The van der Waals surface area contributed by atoms with Gasteiger partial charge < -0.3 is 5.11 Å². The van der Waals surface area contributed by atoms with E-state index in [0.29, 0.717) is 12.1 Å². The maximum absolute atomic E-state index is 12.2. The highest BCUT2D eigenvalue weighted by atomic mass is 32.2. The van der Waals surface area contributed by atoms with Gasteiger partial charge in [0.1, 0.15) is 6.61 Å². The van der Waals surface area contributed by atoms with Crippen molar-refractivity contribution in [3.8, 4) is 11.8 Å². The average molecular weight is 309 g/mol. The highest BCUT2D eigenvalue weighted by molar-refractivity contribution is 7.92. The fraction of sp³-hybridized carbons (Fsp3) is 0.500. The second kappa shape index (κ2) is 6.97. The normalized spacial score (nSPS) is 11.7. The van der Waals surface area contributed by atoms with Crippen LogP contribution in [-0.4, -0.2) is 25.9 Å². The molecule has 0 aliphatic carbocycles. The van der Waals surface area contributed by atoms with Gasteiger partial charge in [0.2, 0.25) is 10.0 Å². The fourth-order valence-corrected chi connectivity index (χ4v) is 3.73. The highest BCUT2D eigenvalue weighted by Crippen LogP contribution is 2.22. The molecule has 0 bridgehead atoms. The van der Waals surface area contributed by atoms with Gasteiger partial charge in [0.05, 0.1) is 11.4 Å². The van der Waals surface area contributed by atoms with Crippen molar-refractivity contribution in [1.29, 1.82) is 0 Å². The molecule has 0 fully saturated rings. The first-order valence-corrected chi connectivity index (χ1v) is 8.55. The van der Waals surface area contributed by atoms with Crippen LogP contribution in [0.25, 0.3) is 0 Å². The third-order valence-corrected chi connectivity index (χ3v) is 4.46. The van der Waals surface area contributed by atoms with Gasteiger partial charge in [-0.1, -0.05) is 39.5 Å². The first-order valence-electron chi connectivity index (χ1n) is 6.90. The molecule has 4 nitrogen and oxygen atoms in total. The summed E-state index contributed by atoms with van der Waals surface area (Å²) < 4.78 is 27.0. The number of sulfonamides is 1. The van der Waals surface area contributed by atoms with E-state index in [1.54, 1.807) is 12.1 Å². The van der Waals surface area contributed by atoms with E-state index in [0.717, 1.165) is 11.1 Å². The van der Waals surface area contributed by atoms with Crippen molar-refractivity contribution in [3.63, 3.8) is 0 Å². The van der Waals surface area contributed by atoms with Crippen LogP contribution in [-0.2, 0) is 16.4 Å². The lowest BCUT2D eigenvalue weighted by atomic mass is 10.0. The molecule has 0 saturated heterocycles. The summed E-state index contributed by atoms with van der Waals surface area (Å²) in [5, 5.41) is 8.70. The summed E-state index contributed by atoms with van der Waals surface area (Å²) in [6.45, 7) is 7.43. The van der Waals surface area contributed by atoms with Crippen LogP contribution in [0.2, 0.25) is 0 Å². The number of aliphatic hydroxyl groups is 1. The lowest BCUT2D eigenvalue weighted by molar-refractivity contribution is 0.350. The van der Waals surface area contributed by atoms with Crippen molar-refractivity contribution in [2.24, 2.45) is 5.41 Å². The quantitative estimate of drug-likeness (QED) is 0.839. The highest BCUT2D eigenvalue weighted by Gasteiger charge is 2.22. The van der Waals surface area contributed by atoms with Gasteiger partial charge in [-0.15, -0.1) is 0 Å². The van der Waals surface area contributed by atoms with E-state index in [1.807, 2.05) is 33.8 Å². The van der Waals surface area contributed by atoms with E-state index >= 15 is 0 Å². The zero-order chi connectivity index (χ0) is 16.1. The summed E-state index contributed by atoms with van der Waals surface area (Å²) >= 11 is 0. The average Bonchev–Trinajstić information content (AvgIpc) is 2.34. The molecule has 0 heterocycles. The second-order valence-electron chi connectivity index (χ2n) is 6.11. The number of rotatable bonds is 4. The molecule has 1 rings (SSSR count). The summed E-state index contributed by atoms with van der Waals surface area (Å²) in [6.07, 6.45) is 0.696. The van der Waals surface area contributed by atoms with Gasteiger partial charge in [-0.05, 0) is 35.6 Å². The Hall–Kier alpha value is -1.51. The zero-order valence-electron chi connectivity index (χ0n) is 13.0. The number of aryl methyl sites for hydroxylation is 1. The zero-order valence-corrected chi connectivity index (χ0v) is 13.8. The van der Waals surface area contributed by atoms with Crippen LogP contribution in [0.3, 0.4) is 0 Å². The van der Waals surface area contributed by atoms with Crippen LogP contribution in [0.4, 0.5) is 5.69 Å². The third-order valence-electron chi connectivity index (χ3n) is 2.69. The van der Waals surface area contributed by atoms with Crippen LogP contribution in [0, 0.1) is 17.3 Å². The Bertz CT molecular complexity index is 646. The maximum atomic E-state index is 12.2. The molecular weight excluding hydrogens is 286 g/mol. The van der Waals surface area contributed by atoms with Gasteiger partial charge in [-0.25, -0.2) is 8.42 Å². The monoisotopic (exact) mass is 309 g/mol. The number of hydrogen-bond donors (Lipinski definition) is 2. The Morgan fingerprint density at radius 1 is 1.29 bits per heavy atom. The molecule has 0 atom stereocenters. The minimum absolute atomic E-state index is 0.0647. The minimum Gasteiger partial charge on any atom is -0.384 e. The third kappa shape index (κ3) is 6.19. The molecule has 116 valence electrons. The molecule has 0 saturated carbocycles. The van der Waals surface area contributed by atoms with E-state index in [1.165, 1.54) is 0 Å². The van der Waals surface area contributed by atoms with E-state index in [9.17, 15) is 8.42 Å². The van der Waals surface area contributed by atoms with Gasteiger partial charge in [0, 0.05) is 5.56 Å². The van der Waals surface area contributed by atoms with Crippen molar-refractivity contribution < 1.29 is 13.5 Å². The van der Waals surface area contributed by atoms with Crippen molar-refractivity contribution >= 4 is 15.7 Å². The molecule has 0 spiro atoms. The van der Waals surface area contributed by atoms with Crippen LogP contribution in [0.15, 0.2) is 18.2 Å². The Balaban J connectivity index is 3.04. The molecule has 0 aromatic heterocycles. The smallest absolute Gasteiger partial charge is 0.233 e.